The van der Waals surface area contributed by atoms with Gasteiger partial charge in [0.15, 0.2) is 23.9 Å². The summed E-state index contributed by atoms with van der Waals surface area (Å²) in [6.45, 7) is 0.623. The van der Waals surface area contributed by atoms with Crippen LogP contribution in [0.2, 0.25) is 0 Å². The molecule has 2 heterocycles. The van der Waals surface area contributed by atoms with E-state index in [1.165, 1.54) is 25.3 Å². The van der Waals surface area contributed by atoms with Crippen molar-refractivity contribution < 1.29 is 37.8 Å². The van der Waals surface area contributed by atoms with Gasteiger partial charge in [0.05, 0.1) is 6.26 Å². The second kappa shape index (κ2) is 8.91. The number of amides is 3. The molecule has 0 fully saturated rings. The van der Waals surface area contributed by atoms with Crippen LogP contribution in [0.5, 0.6) is 11.5 Å². The number of benzene rings is 1. The van der Waals surface area contributed by atoms with Gasteiger partial charge in [-0.05, 0) is 31.2 Å². The van der Waals surface area contributed by atoms with E-state index in [2.05, 4.69) is 10.6 Å². The molecule has 0 spiro atoms. The van der Waals surface area contributed by atoms with E-state index in [9.17, 15) is 19.2 Å². The zero-order valence-corrected chi connectivity index (χ0v) is 15.4. The molecule has 0 bridgehead atoms. The molecule has 1 aromatic heterocycles. The lowest BCUT2D eigenvalue weighted by Crippen LogP contribution is -2.47. The molecule has 1 aliphatic heterocycles. The Morgan fingerprint density at radius 2 is 1.90 bits per heavy atom. The number of hydrogen-bond acceptors (Lipinski definition) is 8. The fraction of sp³-hybridized carbons (Fsp3) is 0.263. The minimum atomic E-state index is -1.03. The first-order valence-corrected chi connectivity index (χ1v) is 8.67. The number of ether oxygens (including phenoxy) is 3. The second-order valence-electron chi connectivity index (χ2n) is 6.06. The zero-order chi connectivity index (χ0) is 20.8. The molecule has 2 aromatic rings. The lowest BCUT2D eigenvalue weighted by Gasteiger charge is -2.25. The van der Waals surface area contributed by atoms with E-state index in [4.69, 9.17) is 18.6 Å². The molecule has 0 saturated carbocycles. The summed E-state index contributed by atoms with van der Waals surface area (Å²) in [5.41, 5.74) is 0. The SMILES string of the molecule is C[C@@H](NC(=O)c1ccco1)C(=O)OCC(=O)NC(=O)[C@H]1COc2ccccc2O1. The predicted molar refractivity (Wildman–Crippen MR) is 96.1 cm³/mol. The average molecular weight is 402 g/mol. The largest absolute Gasteiger partial charge is 0.485 e. The van der Waals surface area contributed by atoms with Crippen LogP contribution in [0.15, 0.2) is 47.1 Å². The maximum Gasteiger partial charge on any atom is 0.328 e. The van der Waals surface area contributed by atoms with Crippen molar-refractivity contribution in [2.24, 2.45) is 0 Å². The van der Waals surface area contributed by atoms with Crippen LogP contribution >= 0.6 is 0 Å². The first-order valence-electron chi connectivity index (χ1n) is 8.67. The summed E-state index contributed by atoms with van der Waals surface area (Å²) in [5, 5.41) is 4.44. The number of fused-ring (bicyclic) bond motifs is 1. The van der Waals surface area contributed by atoms with E-state index in [0.29, 0.717) is 11.5 Å². The van der Waals surface area contributed by atoms with Crippen LogP contribution < -0.4 is 20.1 Å². The Balaban J connectivity index is 1.42. The van der Waals surface area contributed by atoms with Crippen molar-refractivity contribution in [2.45, 2.75) is 19.1 Å². The molecule has 0 saturated heterocycles. The van der Waals surface area contributed by atoms with Crippen LogP contribution in [0.3, 0.4) is 0 Å². The number of carbonyl (C=O) groups is 4. The first-order chi connectivity index (χ1) is 13.9. The van der Waals surface area contributed by atoms with Crippen LogP contribution in [0.1, 0.15) is 17.5 Å². The lowest BCUT2D eigenvalue weighted by molar-refractivity contribution is -0.151. The summed E-state index contributed by atoms with van der Waals surface area (Å²) >= 11 is 0. The van der Waals surface area contributed by atoms with Crippen molar-refractivity contribution in [3.8, 4) is 11.5 Å². The van der Waals surface area contributed by atoms with Crippen molar-refractivity contribution in [3.63, 3.8) is 0 Å². The maximum atomic E-state index is 12.1. The fourth-order valence-electron chi connectivity index (χ4n) is 2.40. The Kier molecular flexibility index (Phi) is 6.12. The quantitative estimate of drug-likeness (QED) is 0.665. The molecule has 3 rings (SSSR count). The van der Waals surface area contributed by atoms with Crippen LogP contribution in [0, 0.1) is 0 Å². The monoisotopic (exact) mass is 402 g/mol. The minimum absolute atomic E-state index is 0.0317. The molecule has 0 unspecified atom stereocenters. The number of para-hydroxylation sites is 2. The van der Waals surface area contributed by atoms with Gasteiger partial charge in [-0.3, -0.25) is 19.7 Å². The van der Waals surface area contributed by atoms with Crippen LogP contribution in [0.25, 0.3) is 0 Å². The van der Waals surface area contributed by atoms with Gasteiger partial charge in [-0.1, -0.05) is 12.1 Å². The van der Waals surface area contributed by atoms with Crippen molar-refractivity contribution >= 4 is 23.7 Å². The van der Waals surface area contributed by atoms with Crippen LogP contribution in [-0.4, -0.2) is 49.1 Å². The number of furan rings is 1. The topological polar surface area (TPSA) is 133 Å². The first kappa shape index (κ1) is 19.9. The van der Waals surface area contributed by atoms with E-state index >= 15 is 0 Å². The van der Waals surface area contributed by atoms with E-state index < -0.39 is 42.4 Å². The Labute approximate surface area is 165 Å². The highest BCUT2D eigenvalue weighted by Gasteiger charge is 2.29. The molecule has 2 N–H and O–H groups in total. The summed E-state index contributed by atoms with van der Waals surface area (Å²) in [6, 6.07) is 8.75. The average Bonchev–Trinajstić information content (AvgIpc) is 3.26. The van der Waals surface area contributed by atoms with Gasteiger partial charge in [-0.2, -0.15) is 0 Å². The fourth-order valence-corrected chi connectivity index (χ4v) is 2.40. The van der Waals surface area contributed by atoms with Crippen molar-refractivity contribution in [2.75, 3.05) is 13.2 Å². The molecule has 1 aliphatic rings. The molecule has 29 heavy (non-hydrogen) atoms. The van der Waals surface area contributed by atoms with Gasteiger partial charge in [0, 0.05) is 0 Å². The molecule has 2 atom stereocenters. The number of esters is 1. The standard InChI is InChI=1S/C19H18N2O8/c1-11(20-17(23)14-7-4-8-26-14)19(25)28-10-16(22)21-18(24)15-9-27-12-5-2-3-6-13(12)29-15/h2-8,11,15H,9-10H2,1H3,(H,20,23)(H,21,22,24)/t11-,15-/m1/s1. The van der Waals surface area contributed by atoms with Crippen LogP contribution in [0.4, 0.5) is 0 Å². The van der Waals surface area contributed by atoms with E-state index in [-0.39, 0.29) is 12.4 Å². The summed E-state index contributed by atoms with van der Waals surface area (Å²) in [4.78, 5) is 47.7. The van der Waals surface area contributed by atoms with Crippen molar-refractivity contribution in [3.05, 3.63) is 48.4 Å². The third kappa shape index (κ3) is 5.12. The molecule has 0 radical (unpaired) electrons. The van der Waals surface area contributed by atoms with E-state index in [1.807, 2.05) is 0 Å². The second-order valence-corrected chi connectivity index (χ2v) is 6.06. The maximum absolute atomic E-state index is 12.1. The summed E-state index contributed by atoms with van der Waals surface area (Å²) in [7, 11) is 0. The predicted octanol–water partition coefficient (Wildman–Crippen LogP) is 0.424. The number of nitrogens with one attached hydrogen (secondary N) is 2. The van der Waals surface area contributed by atoms with Crippen molar-refractivity contribution in [1.29, 1.82) is 0 Å². The Morgan fingerprint density at radius 3 is 2.62 bits per heavy atom. The third-order valence-corrected chi connectivity index (χ3v) is 3.86. The summed E-state index contributed by atoms with van der Waals surface area (Å²) in [5.74, 6) is -2.09. The lowest BCUT2D eigenvalue weighted by atomic mass is 10.2. The number of imide groups is 1. The van der Waals surface area contributed by atoms with E-state index in [1.54, 1.807) is 24.3 Å². The van der Waals surface area contributed by atoms with Gasteiger partial charge in [0.1, 0.15) is 12.6 Å². The number of hydrogen-bond donors (Lipinski definition) is 2. The molecule has 10 nitrogen and oxygen atoms in total. The molecule has 0 aliphatic carbocycles. The molecular weight excluding hydrogens is 384 g/mol. The van der Waals surface area contributed by atoms with Gasteiger partial charge in [-0.15, -0.1) is 0 Å². The molecule has 152 valence electrons. The molecule has 3 amide bonds. The van der Waals surface area contributed by atoms with Gasteiger partial charge in [0.2, 0.25) is 6.10 Å². The Hall–Kier alpha value is -3.82. The number of carbonyl (C=O) groups excluding carboxylic acids is 4. The highest BCUT2D eigenvalue weighted by atomic mass is 16.6. The smallest absolute Gasteiger partial charge is 0.328 e. The normalized spacial score (nSPS) is 15.7. The third-order valence-electron chi connectivity index (χ3n) is 3.86. The van der Waals surface area contributed by atoms with Gasteiger partial charge < -0.3 is 23.9 Å². The molecule has 10 heteroatoms. The van der Waals surface area contributed by atoms with Gasteiger partial charge in [-0.25, -0.2) is 4.79 Å². The van der Waals surface area contributed by atoms with Gasteiger partial charge >= 0.3 is 5.97 Å². The summed E-state index contributed by atoms with van der Waals surface area (Å²) < 4.78 is 20.6. The summed E-state index contributed by atoms with van der Waals surface area (Å²) in [6.07, 6.45) is 0.301. The zero-order valence-electron chi connectivity index (χ0n) is 15.4. The Morgan fingerprint density at radius 1 is 1.14 bits per heavy atom. The number of rotatable bonds is 6. The van der Waals surface area contributed by atoms with E-state index in [0.717, 1.165) is 0 Å². The Bertz CT molecular complexity index is 909. The van der Waals surface area contributed by atoms with Crippen LogP contribution in [-0.2, 0) is 19.1 Å². The highest BCUT2D eigenvalue weighted by molar-refractivity contribution is 5.99. The minimum Gasteiger partial charge on any atom is -0.485 e. The molecular formula is C19H18N2O8. The molecule has 1 aromatic carbocycles. The van der Waals surface area contributed by atoms with Crippen molar-refractivity contribution in [1.82, 2.24) is 10.6 Å². The van der Waals surface area contributed by atoms with Gasteiger partial charge in [0.25, 0.3) is 17.7 Å². The highest BCUT2D eigenvalue weighted by Crippen LogP contribution is 2.30.